The molecular formula is C21H32N2O6S. The first-order chi connectivity index (χ1) is 13.9. The summed E-state index contributed by atoms with van der Waals surface area (Å²) in [7, 11) is -3.26. The van der Waals surface area contributed by atoms with E-state index in [2.05, 4.69) is 10.6 Å². The lowest BCUT2D eigenvalue weighted by atomic mass is 9.82. The molecule has 0 saturated heterocycles. The van der Waals surface area contributed by atoms with E-state index in [1.807, 2.05) is 30.3 Å². The lowest BCUT2D eigenvalue weighted by Gasteiger charge is -2.36. The third-order valence-corrected chi connectivity index (χ3v) is 5.77. The summed E-state index contributed by atoms with van der Waals surface area (Å²) < 4.78 is 34.4. The van der Waals surface area contributed by atoms with Crippen molar-refractivity contribution in [3.05, 3.63) is 35.9 Å². The molecule has 168 valence electrons. The van der Waals surface area contributed by atoms with Gasteiger partial charge in [-0.2, -0.15) is 0 Å². The Morgan fingerprint density at radius 1 is 1.07 bits per heavy atom. The van der Waals surface area contributed by atoms with Crippen LogP contribution in [0.4, 0.5) is 9.59 Å². The van der Waals surface area contributed by atoms with Gasteiger partial charge in [-0.3, -0.25) is 0 Å². The molecule has 0 heterocycles. The Balaban J connectivity index is 1.94. The van der Waals surface area contributed by atoms with Crippen LogP contribution in [0.15, 0.2) is 30.3 Å². The highest BCUT2D eigenvalue weighted by atomic mass is 32.2. The van der Waals surface area contributed by atoms with Crippen molar-refractivity contribution in [1.29, 1.82) is 0 Å². The van der Waals surface area contributed by atoms with Crippen molar-refractivity contribution in [1.82, 2.24) is 10.6 Å². The zero-order chi connectivity index (χ0) is 22.4. The molecule has 0 bridgehead atoms. The average Bonchev–Trinajstić information content (AvgIpc) is 2.60. The third-order valence-electron chi connectivity index (χ3n) is 4.74. The maximum Gasteiger partial charge on any atom is 0.407 e. The molecule has 2 amide bonds. The molecule has 1 aliphatic rings. The Morgan fingerprint density at radius 2 is 1.73 bits per heavy atom. The average molecular weight is 441 g/mol. The van der Waals surface area contributed by atoms with E-state index in [0.29, 0.717) is 19.3 Å². The maximum absolute atomic E-state index is 12.2. The normalized spacial score (nSPS) is 22.1. The summed E-state index contributed by atoms with van der Waals surface area (Å²) in [6, 6.07) is 8.74. The van der Waals surface area contributed by atoms with Crippen molar-refractivity contribution >= 4 is 22.0 Å². The van der Waals surface area contributed by atoms with Crippen LogP contribution in [0.25, 0.3) is 0 Å². The van der Waals surface area contributed by atoms with Gasteiger partial charge in [-0.1, -0.05) is 30.3 Å². The lowest BCUT2D eigenvalue weighted by Crippen LogP contribution is -2.51. The minimum absolute atomic E-state index is 0.0802. The number of carbonyl (C=O) groups is 2. The van der Waals surface area contributed by atoms with Gasteiger partial charge in [0.15, 0.2) is 0 Å². The molecule has 0 spiro atoms. The molecule has 1 fully saturated rings. The van der Waals surface area contributed by atoms with Gasteiger partial charge in [0.2, 0.25) is 0 Å². The zero-order valence-electron chi connectivity index (χ0n) is 18.0. The number of carbonyl (C=O) groups excluding carboxylic acids is 2. The molecule has 1 saturated carbocycles. The molecular weight excluding hydrogens is 408 g/mol. The van der Waals surface area contributed by atoms with Crippen molar-refractivity contribution in [2.45, 2.75) is 64.3 Å². The van der Waals surface area contributed by atoms with E-state index in [9.17, 15) is 18.0 Å². The summed E-state index contributed by atoms with van der Waals surface area (Å²) in [6.07, 6.45) is 1.61. The van der Waals surface area contributed by atoms with Gasteiger partial charge in [0, 0.05) is 18.3 Å². The van der Waals surface area contributed by atoms with Crippen LogP contribution in [-0.4, -0.2) is 50.3 Å². The second kappa shape index (κ2) is 10.1. The van der Waals surface area contributed by atoms with E-state index in [4.69, 9.17) is 9.47 Å². The largest absolute Gasteiger partial charge is 0.445 e. The number of hydrogen-bond acceptors (Lipinski definition) is 6. The highest BCUT2D eigenvalue weighted by Crippen LogP contribution is 2.27. The quantitative estimate of drug-likeness (QED) is 0.703. The molecule has 8 nitrogen and oxygen atoms in total. The second-order valence-electron chi connectivity index (χ2n) is 8.82. The minimum atomic E-state index is -3.26. The molecule has 1 aromatic carbocycles. The van der Waals surface area contributed by atoms with Crippen LogP contribution >= 0.6 is 0 Å². The van der Waals surface area contributed by atoms with E-state index >= 15 is 0 Å². The first kappa shape index (κ1) is 24.0. The van der Waals surface area contributed by atoms with Gasteiger partial charge < -0.3 is 20.1 Å². The van der Waals surface area contributed by atoms with E-state index < -0.39 is 27.6 Å². The summed E-state index contributed by atoms with van der Waals surface area (Å²) in [6.45, 7) is 5.47. The van der Waals surface area contributed by atoms with Crippen molar-refractivity contribution in [2.24, 2.45) is 5.92 Å². The monoisotopic (exact) mass is 440 g/mol. The Bertz CT molecular complexity index is 820. The fraction of sp³-hybridized carbons (Fsp3) is 0.619. The summed E-state index contributed by atoms with van der Waals surface area (Å²) in [5, 5.41) is 5.62. The second-order valence-corrected chi connectivity index (χ2v) is 11.0. The van der Waals surface area contributed by atoms with Crippen LogP contribution in [0.3, 0.4) is 0 Å². The number of sulfone groups is 1. The van der Waals surface area contributed by atoms with Crippen LogP contribution in [0, 0.1) is 5.92 Å². The predicted molar refractivity (Wildman–Crippen MR) is 114 cm³/mol. The summed E-state index contributed by atoms with van der Waals surface area (Å²) in [5.74, 6) is -0.415. The molecule has 2 rings (SSSR count). The van der Waals surface area contributed by atoms with Crippen LogP contribution < -0.4 is 10.6 Å². The van der Waals surface area contributed by atoms with Gasteiger partial charge in [0.05, 0.1) is 5.75 Å². The lowest BCUT2D eigenvalue weighted by molar-refractivity contribution is 0.0477. The molecule has 2 N–H and O–H groups in total. The standard InChI is InChI=1S/C21H32N2O6S/c1-21(2,3)29-20(25)22-17-10-11-18(16(12-17)14-30(4,26)27)23-19(24)28-13-15-8-6-5-7-9-15/h5-9,16-18H,10-14H2,1-4H3,(H,22,25)(H,23,24). The molecule has 1 aliphatic carbocycles. The van der Waals surface area contributed by atoms with Crippen molar-refractivity contribution in [2.75, 3.05) is 12.0 Å². The molecule has 3 unspecified atom stereocenters. The highest BCUT2D eigenvalue weighted by Gasteiger charge is 2.35. The van der Waals surface area contributed by atoms with Crippen LogP contribution in [0.1, 0.15) is 45.6 Å². The maximum atomic E-state index is 12.2. The Kier molecular flexibility index (Phi) is 8.11. The molecule has 0 aromatic heterocycles. The first-order valence-electron chi connectivity index (χ1n) is 10.1. The van der Waals surface area contributed by atoms with E-state index in [1.54, 1.807) is 20.8 Å². The number of benzene rings is 1. The fourth-order valence-electron chi connectivity index (χ4n) is 3.55. The number of rotatable bonds is 6. The van der Waals surface area contributed by atoms with E-state index in [-0.39, 0.29) is 30.4 Å². The number of amides is 2. The summed E-state index contributed by atoms with van der Waals surface area (Å²) in [5.41, 5.74) is 0.253. The SMILES string of the molecule is CC(C)(C)OC(=O)NC1CCC(NC(=O)OCc2ccccc2)C(CS(C)(=O)=O)C1. The number of ether oxygens (including phenoxy) is 2. The molecule has 0 aliphatic heterocycles. The summed E-state index contributed by atoms with van der Waals surface area (Å²) in [4.78, 5) is 24.3. The molecule has 9 heteroatoms. The van der Waals surface area contributed by atoms with E-state index in [1.165, 1.54) is 6.26 Å². The number of alkyl carbamates (subject to hydrolysis) is 2. The molecule has 3 atom stereocenters. The minimum Gasteiger partial charge on any atom is -0.445 e. The molecule has 1 aromatic rings. The van der Waals surface area contributed by atoms with Crippen molar-refractivity contribution in [3.8, 4) is 0 Å². The van der Waals surface area contributed by atoms with Crippen LogP contribution in [0.2, 0.25) is 0 Å². The van der Waals surface area contributed by atoms with Crippen LogP contribution in [0.5, 0.6) is 0 Å². The van der Waals surface area contributed by atoms with Gasteiger partial charge in [0.1, 0.15) is 22.0 Å². The zero-order valence-corrected chi connectivity index (χ0v) is 18.8. The number of hydrogen-bond donors (Lipinski definition) is 2. The smallest absolute Gasteiger partial charge is 0.407 e. The van der Waals surface area contributed by atoms with Gasteiger partial charge >= 0.3 is 12.2 Å². The Labute approximate surface area is 178 Å². The topological polar surface area (TPSA) is 111 Å². The highest BCUT2D eigenvalue weighted by molar-refractivity contribution is 7.90. The van der Waals surface area contributed by atoms with Crippen molar-refractivity contribution in [3.63, 3.8) is 0 Å². The Morgan fingerprint density at radius 3 is 2.33 bits per heavy atom. The fourth-order valence-corrected chi connectivity index (χ4v) is 4.69. The Hall–Kier alpha value is -2.29. The molecule has 0 radical (unpaired) electrons. The summed E-state index contributed by atoms with van der Waals surface area (Å²) >= 11 is 0. The van der Waals surface area contributed by atoms with Crippen LogP contribution in [-0.2, 0) is 25.9 Å². The van der Waals surface area contributed by atoms with Gasteiger partial charge in [-0.05, 0) is 51.5 Å². The van der Waals surface area contributed by atoms with Gasteiger partial charge in [-0.25, -0.2) is 18.0 Å². The van der Waals surface area contributed by atoms with E-state index in [0.717, 1.165) is 5.56 Å². The van der Waals surface area contributed by atoms with Gasteiger partial charge in [0.25, 0.3) is 0 Å². The first-order valence-corrected chi connectivity index (χ1v) is 12.1. The van der Waals surface area contributed by atoms with Gasteiger partial charge in [-0.15, -0.1) is 0 Å². The number of nitrogens with one attached hydrogen (secondary N) is 2. The van der Waals surface area contributed by atoms with Crippen molar-refractivity contribution < 1.29 is 27.5 Å². The third kappa shape index (κ3) is 9.02. The molecule has 30 heavy (non-hydrogen) atoms. The predicted octanol–water partition coefficient (Wildman–Crippen LogP) is 3.02.